The van der Waals surface area contributed by atoms with E-state index >= 15 is 0 Å². The Morgan fingerprint density at radius 1 is 1.11 bits per heavy atom. The van der Waals surface area contributed by atoms with E-state index in [9.17, 15) is 4.79 Å². The number of nitrogens with one attached hydrogen (secondary N) is 1. The van der Waals surface area contributed by atoms with Gasteiger partial charge in [0.15, 0.2) is 17.0 Å². The molecule has 0 aliphatic rings. The normalized spacial score (nSPS) is 10.7. The lowest BCUT2D eigenvalue weighted by Gasteiger charge is -2.01. The predicted molar refractivity (Wildman–Crippen MR) is 65.9 cm³/mol. The molecule has 0 spiro atoms. The predicted octanol–water partition coefficient (Wildman–Crippen LogP) is 1.08. The molecular formula is C12H9N5O. The van der Waals surface area contributed by atoms with Crippen LogP contribution in [0, 0.1) is 6.92 Å². The van der Waals surface area contributed by atoms with E-state index in [0.717, 1.165) is 5.69 Å². The first-order chi connectivity index (χ1) is 8.74. The average Bonchev–Trinajstić information content (AvgIpc) is 2.39. The van der Waals surface area contributed by atoms with E-state index in [-0.39, 0.29) is 11.1 Å². The fourth-order valence-corrected chi connectivity index (χ4v) is 1.67. The van der Waals surface area contributed by atoms with Crippen molar-refractivity contribution in [1.29, 1.82) is 0 Å². The van der Waals surface area contributed by atoms with Gasteiger partial charge in [-0.2, -0.15) is 0 Å². The minimum absolute atomic E-state index is 0.230. The molecule has 0 saturated heterocycles. The maximum atomic E-state index is 11.8. The molecule has 88 valence electrons. The Kier molecular flexibility index (Phi) is 2.33. The van der Waals surface area contributed by atoms with Crippen LogP contribution >= 0.6 is 0 Å². The van der Waals surface area contributed by atoms with Crippen LogP contribution < -0.4 is 5.56 Å². The number of rotatable bonds is 1. The van der Waals surface area contributed by atoms with Gasteiger partial charge in [0.05, 0.1) is 0 Å². The minimum atomic E-state index is -0.314. The summed E-state index contributed by atoms with van der Waals surface area (Å²) in [6.07, 6.45) is 2.96. The summed E-state index contributed by atoms with van der Waals surface area (Å²) in [6.45, 7) is 1.88. The molecule has 0 aliphatic carbocycles. The van der Waals surface area contributed by atoms with E-state index in [1.54, 1.807) is 6.07 Å². The molecule has 3 aromatic heterocycles. The third kappa shape index (κ3) is 1.73. The molecule has 0 fully saturated rings. The van der Waals surface area contributed by atoms with Gasteiger partial charge < -0.3 is 4.98 Å². The van der Waals surface area contributed by atoms with Crippen molar-refractivity contribution in [3.05, 3.63) is 46.6 Å². The average molecular weight is 239 g/mol. The second-order valence-corrected chi connectivity index (χ2v) is 3.81. The number of pyridine rings is 1. The highest BCUT2D eigenvalue weighted by atomic mass is 16.1. The maximum absolute atomic E-state index is 11.8. The lowest BCUT2D eigenvalue weighted by Crippen LogP contribution is -2.12. The quantitative estimate of drug-likeness (QED) is 0.687. The minimum Gasteiger partial charge on any atom is -0.303 e. The van der Waals surface area contributed by atoms with Gasteiger partial charge in [-0.15, -0.1) is 0 Å². The van der Waals surface area contributed by atoms with Crippen molar-refractivity contribution in [2.45, 2.75) is 6.92 Å². The molecule has 3 rings (SSSR count). The number of hydrogen-bond donors (Lipinski definition) is 1. The number of nitrogens with zero attached hydrogens (tertiary/aromatic N) is 4. The Labute approximate surface area is 102 Å². The molecule has 0 amide bonds. The van der Waals surface area contributed by atoms with E-state index in [0.29, 0.717) is 17.2 Å². The third-order valence-electron chi connectivity index (χ3n) is 2.47. The van der Waals surface area contributed by atoms with Crippen LogP contribution in [0.15, 0.2) is 35.4 Å². The van der Waals surface area contributed by atoms with Crippen molar-refractivity contribution in [2.24, 2.45) is 0 Å². The summed E-state index contributed by atoms with van der Waals surface area (Å²) in [4.78, 5) is 31.0. The van der Waals surface area contributed by atoms with Gasteiger partial charge >= 0.3 is 0 Å². The third-order valence-corrected chi connectivity index (χ3v) is 2.47. The van der Waals surface area contributed by atoms with Gasteiger partial charge in [0.25, 0.3) is 5.56 Å². The molecule has 0 aromatic carbocycles. The van der Waals surface area contributed by atoms with Crippen LogP contribution in [0.5, 0.6) is 0 Å². The summed E-state index contributed by atoms with van der Waals surface area (Å²) in [6, 6.07) is 5.52. The van der Waals surface area contributed by atoms with Crippen molar-refractivity contribution in [1.82, 2.24) is 24.9 Å². The van der Waals surface area contributed by atoms with Crippen molar-refractivity contribution in [3.8, 4) is 11.5 Å². The Morgan fingerprint density at radius 3 is 2.78 bits per heavy atom. The van der Waals surface area contributed by atoms with Crippen LogP contribution in [0.3, 0.4) is 0 Å². The molecule has 0 atom stereocenters. The van der Waals surface area contributed by atoms with E-state index in [2.05, 4.69) is 24.9 Å². The molecule has 18 heavy (non-hydrogen) atoms. The van der Waals surface area contributed by atoms with Gasteiger partial charge in [-0.05, 0) is 19.1 Å². The number of H-pyrrole nitrogens is 1. The fourth-order valence-electron chi connectivity index (χ4n) is 1.67. The molecule has 3 heterocycles. The zero-order valence-electron chi connectivity index (χ0n) is 9.58. The Balaban J connectivity index is 2.28. The van der Waals surface area contributed by atoms with Gasteiger partial charge in [-0.3, -0.25) is 4.79 Å². The highest BCUT2D eigenvalue weighted by Gasteiger charge is 2.08. The smallest absolute Gasteiger partial charge is 0.279 e. The van der Waals surface area contributed by atoms with Crippen LogP contribution in [0.25, 0.3) is 22.7 Å². The SMILES string of the molecule is Cc1cccc(-c2nc3nccnc3c(=O)[nH]2)n1. The standard InChI is InChI=1S/C12H9N5O/c1-7-3-2-4-8(15-7)10-16-11-9(12(18)17-10)13-5-6-14-11/h2-6H,1H3,(H,14,16,17,18). The van der Waals surface area contributed by atoms with Crippen molar-refractivity contribution in [3.63, 3.8) is 0 Å². The van der Waals surface area contributed by atoms with Gasteiger partial charge in [-0.1, -0.05) is 6.07 Å². The van der Waals surface area contributed by atoms with Crippen molar-refractivity contribution < 1.29 is 0 Å². The van der Waals surface area contributed by atoms with Crippen molar-refractivity contribution >= 4 is 11.2 Å². The number of hydrogen-bond acceptors (Lipinski definition) is 5. The summed E-state index contributed by atoms with van der Waals surface area (Å²) >= 11 is 0. The molecule has 0 bridgehead atoms. The zero-order chi connectivity index (χ0) is 12.5. The number of fused-ring (bicyclic) bond motifs is 1. The topological polar surface area (TPSA) is 84.4 Å². The molecule has 0 aliphatic heterocycles. The molecule has 6 heteroatoms. The van der Waals surface area contributed by atoms with Gasteiger partial charge in [0, 0.05) is 18.1 Å². The highest BCUT2D eigenvalue weighted by Crippen LogP contribution is 2.12. The molecular weight excluding hydrogens is 230 g/mol. The number of aromatic nitrogens is 5. The first-order valence-corrected chi connectivity index (χ1v) is 5.39. The highest BCUT2D eigenvalue weighted by molar-refractivity contribution is 5.70. The van der Waals surface area contributed by atoms with Crippen LogP contribution in [0.4, 0.5) is 0 Å². The van der Waals surface area contributed by atoms with Gasteiger partial charge in [-0.25, -0.2) is 19.9 Å². The van der Waals surface area contributed by atoms with E-state index in [4.69, 9.17) is 0 Å². The van der Waals surface area contributed by atoms with E-state index < -0.39 is 0 Å². The molecule has 1 N–H and O–H groups in total. The maximum Gasteiger partial charge on any atom is 0.279 e. The molecule has 3 aromatic rings. The summed E-state index contributed by atoms with van der Waals surface area (Å²) in [7, 11) is 0. The van der Waals surface area contributed by atoms with Crippen LogP contribution in [0.2, 0.25) is 0 Å². The second kappa shape index (κ2) is 3.99. The first kappa shape index (κ1) is 10.5. The second-order valence-electron chi connectivity index (χ2n) is 3.81. The molecule has 0 unspecified atom stereocenters. The van der Waals surface area contributed by atoms with Crippen LogP contribution in [0.1, 0.15) is 5.69 Å². The lowest BCUT2D eigenvalue weighted by molar-refractivity contribution is 1.08. The van der Waals surface area contributed by atoms with Crippen LogP contribution in [-0.2, 0) is 0 Å². The Bertz CT molecular complexity index is 781. The fraction of sp³-hybridized carbons (Fsp3) is 0.0833. The van der Waals surface area contributed by atoms with Crippen LogP contribution in [-0.4, -0.2) is 24.9 Å². The molecule has 6 nitrogen and oxygen atoms in total. The number of aryl methyl sites for hydroxylation is 1. The number of aromatic amines is 1. The van der Waals surface area contributed by atoms with Crippen molar-refractivity contribution in [2.75, 3.05) is 0 Å². The van der Waals surface area contributed by atoms with Gasteiger partial charge in [0.2, 0.25) is 0 Å². The molecule has 0 saturated carbocycles. The summed E-state index contributed by atoms with van der Waals surface area (Å²) in [5.41, 5.74) is 1.70. The summed E-state index contributed by atoms with van der Waals surface area (Å²) in [5, 5.41) is 0. The monoisotopic (exact) mass is 239 g/mol. The van der Waals surface area contributed by atoms with E-state index in [1.807, 2.05) is 19.1 Å². The molecule has 0 radical (unpaired) electrons. The largest absolute Gasteiger partial charge is 0.303 e. The lowest BCUT2D eigenvalue weighted by atomic mass is 10.3. The Morgan fingerprint density at radius 2 is 1.94 bits per heavy atom. The first-order valence-electron chi connectivity index (χ1n) is 5.39. The summed E-state index contributed by atoms with van der Waals surface area (Å²) < 4.78 is 0. The zero-order valence-corrected chi connectivity index (χ0v) is 9.58. The van der Waals surface area contributed by atoms with E-state index in [1.165, 1.54) is 12.4 Å². The Hall–Kier alpha value is -2.63. The summed E-state index contributed by atoms with van der Waals surface area (Å²) in [5.74, 6) is 0.400. The van der Waals surface area contributed by atoms with Gasteiger partial charge in [0.1, 0.15) is 5.69 Å².